The van der Waals surface area contributed by atoms with Crippen LogP contribution in [0.2, 0.25) is 5.02 Å². The van der Waals surface area contributed by atoms with Gasteiger partial charge in [-0.05, 0) is 36.4 Å². The number of hydrogen-bond donors (Lipinski definition) is 3. The van der Waals surface area contributed by atoms with E-state index in [0.29, 0.717) is 27.5 Å². The minimum absolute atomic E-state index is 0.0425. The SMILES string of the molecule is Oc1ccc(Cl)cc1[C@H](Nc1ccccn1)c1ccc2cccnc2c1O. The van der Waals surface area contributed by atoms with Crippen LogP contribution in [0.1, 0.15) is 17.2 Å². The fraction of sp³-hybridized carbons (Fsp3) is 0.0476. The molecule has 0 saturated heterocycles. The van der Waals surface area contributed by atoms with Crippen molar-refractivity contribution in [2.45, 2.75) is 6.04 Å². The molecule has 0 aliphatic carbocycles. The molecular weight excluding hydrogens is 362 g/mol. The normalized spacial score (nSPS) is 12.0. The van der Waals surface area contributed by atoms with Crippen molar-refractivity contribution >= 4 is 28.3 Å². The van der Waals surface area contributed by atoms with E-state index in [9.17, 15) is 10.2 Å². The van der Waals surface area contributed by atoms with Gasteiger partial charge in [-0.3, -0.25) is 4.98 Å². The van der Waals surface area contributed by atoms with Crippen LogP contribution < -0.4 is 5.32 Å². The molecule has 5 nitrogen and oxygen atoms in total. The number of aromatic nitrogens is 2. The summed E-state index contributed by atoms with van der Waals surface area (Å²) in [6.07, 6.45) is 3.29. The van der Waals surface area contributed by atoms with Gasteiger partial charge in [0.15, 0.2) is 0 Å². The summed E-state index contributed by atoms with van der Waals surface area (Å²) in [5.74, 6) is 0.705. The van der Waals surface area contributed by atoms with Crippen molar-refractivity contribution in [2.24, 2.45) is 0 Å². The zero-order chi connectivity index (χ0) is 18.8. The summed E-state index contributed by atoms with van der Waals surface area (Å²) >= 11 is 6.16. The highest BCUT2D eigenvalue weighted by Crippen LogP contribution is 2.39. The molecule has 134 valence electrons. The van der Waals surface area contributed by atoms with Gasteiger partial charge in [0.05, 0.1) is 6.04 Å². The maximum atomic E-state index is 10.9. The van der Waals surface area contributed by atoms with E-state index < -0.39 is 6.04 Å². The average molecular weight is 378 g/mol. The predicted molar refractivity (Wildman–Crippen MR) is 106 cm³/mol. The summed E-state index contributed by atoms with van der Waals surface area (Å²) in [7, 11) is 0. The number of hydrogen-bond acceptors (Lipinski definition) is 5. The Bertz CT molecular complexity index is 1100. The molecule has 0 aliphatic heterocycles. The van der Waals surface area contributed by atoms with E-state index in [2.05, 4.69) is 15.3 Å². The van der Waals surface area contributed by atoms with Crippen LogP contribution in [0.3, 0.4) is 0 Å². The molecule has 27 heavy (non-hydrogen) atoms. The first-order valence-corrected chi connectivity index (χ1v) is 8.74. The summed E-state index contributed by atoms with van der Waals surface area (Å²) < 4.78 is 0. The summed E-state index contributed by atoms with van der Waals surface area (Å²) in [6.45, 7) is 0. The Morgan fingerprint density at radius 1 is 0.852 bits per heavy atom. The molecule has 4 rings (SSSR count). The molecule has 0 saturated carbocycles. The number of fused-ring (bicyclic) bond motifs is 1. The molecule has 1 atom stereocenters. The Hall–Kier alpha value is -3.31. The number of benzene rings is 2. The van der Waals surface area contributed by atoms with E-state index in [1.807, 2.05) is 36.4 Å². The van der Waals surface area contributed by atoms with E-state index in [-0.39, 0.29) is 11.5 Å². The first kappa shape index (κ1) is 17.1. The van der Waals surface area contributed by atoms with Crippen molar-refractivity contribution in [1.29, 1.82) is 0 Å². The molecule has 3 N–H and O–H groups in total. The standard InChI is InChI=1S/C21H16ClN3O2/c22-14-7-9-17(26)16(12-14)20(25-18-5-1-2-10-23-18)15-8-6-13-4-3-11-24-19(13)21(15)27/h1-12,20,26-27H,(H,23,25)/t20-/m1/s1. The molecule has 0 aliphatic rings. The topological polar surface area (TPSA) is 78.3 Å². The molecular formula is C21H16ClN3O2. The molecule has 0 spiro atoms. The van der Waals surface area contributed by atoms with E-state index >= 15 is 0 Å². The first-order chi connectivity index (χ1) is 13.1. The van der Waals surface area contributed by atoms with Gasteiger partial charge in [0.25, 0.3) is 0 Å². The molecule has 0 bridgehead atoms. The number of pyridine rings is 2. The second kappa shape index (κ2) is 7.13. The van der Waals surface area contributed by atoms with Gasteiger partial charge in [0, 0.05) is 33.9 Å². The number of aromatic hydroxyl groups is 2. The largest absolute Gasteiger partial charge is 0.508 e. The fourth-order valence-electron chi connectivity index (χ4n) is 3.05. The van der Waals surface area contributed by atoms with Gasteiger partial charge in [-0.2, -0.15) is 0 Å². The van der Waals surface area contributed by atoms with Gasteiger partial charge < -0.3 is 15.5 Å². The Morgan fingerprint density at radius 3 is 2.52 bits per heavy atom. The van der Waals surface area contributed by atoms with Gasteiger partial charge in [-0.1, -0.05) is 35.9 Å². The van der Waals surface area contributed by atoms with Crippen LogP contribution in [0.5, 0.6) is 11.5 Å². The summed E-state index contributed by atoms with van der Waals surface area (Å²) in [5, 5.41) is 25.9. The lowest BCUT2D eigenvalue weighted by Crippen LogP contribution is -2.14. The van der Waals surface area contributed by atoms with Gasteiger partial charge in [0.1, 0.15) is 22.8 Å². The number of nitrogens with one attached hydrogen (secondary N) is 1. The van der Waals surface area contributed by atoms with Crippen molar-refractivity contribution in [1.82, 2.24) is 9.97 Å². The number of halogens is 1. The van der Waals surface area contributed by atoms with Gasteiger partial charge in [-0.15, -0.1) is 0 Å². The third-order valence-corrected chi connectivity index (χ3v) is 4.58. The molecule has 0 amide bonds. The first-order valence-electron chi connectivity index (χ1n) is 8.36. The van der Waals surface area contributed by atoms with E-state index in [1.165, 1.54) is 6.07 Å². The molecule has 0 unspecified atom stereocenters. The summed E-state index contributed by atoms with van der Waals surface area (Å²) in [4.78, 5) is 8.57. The maximum Gasteiger partial charge on any atom is 0.147 e. The number of nitrogens with zero attached hydrogens (tertiary/aromatic N) is 2. The van der Waals surface area contributed by atoms with Gasteiger partial charge >= 0.3 is 0 Å². The zero-order valence-corrected chi connectivity index (χ0v) is 14.9. The highest BCUT2D eigenvalue weighted by atomic mass is 35.5. The molecule has 6 heteroatoms. The highest BCUT2D eigenvalue weighted by molar-refractivity contribution is 6.30. The van der Waals surface area contributed by atoms with E-state index in [0.717, 1.165) is 5.39 Å². The van der Waals surface area contributed by atoms with Crippen molar-refractivity contribution in [2.75, 3.05) is 5.32 Å². The number of anilines is 1. The van der Waals surface area contributed by atoms with Crippen molar-refractivity contribution in [3.63, 3.8) is 0 Å². The average Bonchev–Trinajstić information content (AvgIpc) is 2.70. The quantitative estimate of drug-likeness (QED) is 0.471. The van der Waals surface area contributed by atoms with Crippen LogP contribution in [0.4, 0.5) is 5.82 Å². The lowest BCUT2D eigenvalue weighted by Gasteiger charge is -2.23. The second-order valence-electron chi connectivity index (χ2n) is 6.07. The molecule has 2 aromatic carbocycles. The zero-order valence-electron chi connectivity index (χ0n) is 14.2. The lowest BCUT2D eigenvalue weighted by atomic mass is 9.95. The molecule has 4 aromatic rings. The van der Waals surface area contributed by atoms with Gasteiger partial charge in [0.2, 0.25) is 0 Å². The summed E-state index contributed by atoms with van der Waals surface area (Å²) in [6, 6.07) is 17.1. The lowest BCUT2D eigenvalue weighted by molar-refractivity contribution is 0.460. The number of phenolic OH excluding ortho intramolecular Hbond substituents is 2. The van der Waals surface area contributed by atoms with Crippen molar-refractivity contribution < 1.29 is 10.2 Å². The van der Waals surface area contributed by atoms with E-state index in [1.54, 1.807) is 30.6 Å². The van der Waals surface area contributed by atoms with Crippen LogP contribution in [0.25, 0.3) is 10.9 Å². The minimum Gasteiger partial charge on any atom is -0.508 e. The van der Waals surface area contributed by atoms with Crippen molar-refractivity contribution in [3.8, 4) is 11.5 Å². The number of rotatable bonds is 4. The minimum atomic E-state index is -0.579. The number of phenols is 2. The molecule has 0 fully saturated rings. The Morgan fingerprint density at radius 2 is 1.70 bits per heavy atom. The van der Waals surface area contributed by atoms with Crippen LogP contribution in [-0.2, 0) is 0 Å². The smallest absolute Gasteiger partial charge is 0.147 e. The van der Waals surface area contributed by atoms with Crippen LogP contribution in [-0.4, -0.2) is 20.2 Å². The molecule has 2 aromatic heterocycles. The fourth-order valence-corrected chi connectivity index (χ4v) is 3.23. The van der Waals surface area contributed by atoms with Crippen molar-refractivity contribution in [3.05, 3.63) is 89.2 Å². The van der Waals surface area contributed by atoms with Crippen LogP contribution >= 0.6 is 11.6 Å². The third kappa shape index (κ3) is 3.37. The maximum absolute atomic E-state index is 10.9. The second-order valence-corrected chi connectivity index (χ2v) is 6.51. The van der Waals surface area contributed by atoms with E-state index in [4.69, 9.17) is 11.6 Å². The Kier molecular flexibility index (Phi) is 4.52. The van der Waals surface area contributed by atoms with Crippen LogP contribution in [0.15, 0.2) is 73.1 Å². The monoisotopic (exact) mass is 377 g/mol. The third-order valence-electron chi connectivity index (χ3n) is 4.35. The van der Waals surface area contributed by atoms with Crippen LogP contribution in [0, 0.1) is 0 Å². The molecule has 0 radical (unpaired) electrons. The Balaban J connectivity index is 1.90. The molecule has 2 heterocycles. The highest BCUT2D eigenvalue weighted by Gasteiger charge is 2.23. The Labute approximate surface area is 160 Å². The summed E-state index contributed by atoms with van der Waals surface area (Å²) in [5.41, 5.74) is 1.58. The van der Waals surface area contributed by atoms with Gasteiger partial charge in [-0.25, -0.2) is 4.98 Å². The predicted octanol–water partition coefficient (Wildman–Crippen LogP) is 4.90.